The molecule has 0 aromatic carbocycles. The lowest BCUT2D eigenvalue weighted by Gasteiger charge is -2.17. The van der Waals surface area contributed by atoms with E-state index in [-0.39, 0.29) is 0 Å². The summed E-state index contributed by atoms with van der Waals surface area (Å²) >= 11 is 0. The number of nitrogens with zero attached hydrogens (tertiary/aromatic N) is 2. The van der Waals surface area contributed by atoms with Crippen LogP contribution in [0.1, 0.15) is 31.9 Å². The Hall–Kier alpha value is -1.16. The van der Waals surface area contributed by atoms with Gasteiger partial charge in [-0.2, -0.15) is 0 Å². The molecule has 84 valence electrons. The van der Waals surface area contributed by atoms with Gasteiger partial charge in [0.05, 0.1) is 7.11 Å². The second-order valence-corrected chi connectivity index (χ2v) is 3.78. The number of nitrogens with one attached hydrogen (secondary N) is 1. The van der Waals surface area contributed by atoms with Crippen molar-refractivity contribution in [2.75, 3.05) is 14.2 Å². The van der Waals surface area contributed by atoms with Crippen LogP contribution in [0.4, 0.5) is 0 Å². The third-order valence-corrected chi connectivity index (χ3v) is 2.55. The molecule has 0 saturated carbocycles. The quantitative estimate of drug-likeness (QED) is 0.800. The summed E-state index contributed by atoms with van der Waals surface area (Å²) in [5.41, 5.74) is 0.933. The zero-order valence-corrected chi connectivity index (χ0v) is 9.82. The summed E-state index contributed by atoms with van der Waals surface area (Å²) in [6.45, 7) is 4.29. The molecule has 1 heterocycles. The zero-order chi connectivity index (χ0) is 11.3. The van der Waals surface area contributed by atoms with E-state index in [0.717, 1.165) is 12.1 Å². The van der Waals surface area contributed by atoms with Crippen LogP contribution in [0.25, 0.3) is 0 Å². The maximum Gasteiger partial charge on any atom is 0.235 e. The molecule has 4 nitrogen and oxygen atoms in total. The second kappa shape index (κ2) is 5.66. The van der Waals surface area contributed by atoms with Gasteiger partial charge >= 0.3 is 0 Å². The van der Waals surface area contributed by atoms with Crippen LogP contribution in [-0.2, 0) is 0 Å². The van der Waals surface area contributed by atoms with Crippen LogP contribution in [0, 0.1) is 0 Å². The topological polar surface area (TPSA) is 47.0 Å². The van der Waals surface area contributed by atoms with E-state index >= 15 is 0 Å². The van der Waals surface area contributed by atoms with E-state index in [2.05, 4.69) is 29.1 Å². The van der Waals surface area contributed by atoms with Gasteiger partial charge in [0.25, 0.3) is 0 Å². The minimum absolute atomic E-state index is 0.344. The highest BCUT2D eigenvalue weighted by atomic mass is 16.5. The van der Waals surface area contributed by atoms with Crippen molar-refractivity contribution in [1.82, 2.24) is 15.3 Å². The lowest BCUT2D eigenvalue weighted by molar-refractivity contribution is 0.380. The molecule has 0 spiro atoms. The van der Waals surface area contributed by atoms with Gasteiger partial charge in [-0.25, -0.2) is 4.98 Å². The van der Waals surface area contributed by atoms with Crippen LogP contribution in [-0.4, -0.2) is 30.2 Å². The van der Waals surface area contributed by atoms with Gasteiger partial charge in [-0.3, -0.25) is 4.98 Å². The molecule has 0 aliphatic rings. The van der Waals surface area contributed by atoms with E-state index in [4.69, 9.17) is 4.74 Å². The number of methoxy groups -OCH3 is 1. The van der Waals surface area contributed by atoms with E-state index in [9.17, 15) is 0 Å². The van der Waals surface area contributed by atoms with Crippen molar-refractivity contribution in [3.8, 4) is 5.88 Å². The van der Waals surface area contributed by atoms with E-state index in [1.165, 1.54) is 0 Å². The third-order valence-electron chi connectivity index (χ3n) is 2.55. The van der Waals surface area contributed by atoms with E-state index in [1.807, 2.05) is 7.05 Å². The monoisotopic (exact) mass is 209 g/mol. The molecule has 4 heteroatoms. The fourth-order valence-corrected chi connectivity index (χ4v) is 1.59. The van der Waals surface area contributed by atoms with Crippen molar-refractivity contribution in [3.05, 3.63) is 18.1 Å². The average molecular weight is 209 g/mol. The Morgan fingerprint density at radius 1 is 1.33 bits per heavy atom. The maximum atomic E-state index is 5.19. The van der Waals surface area contributed by atoms with Gasteiger partial charge in [0.15, 0.2) is 0 Å². The minimum atomic E-state index is 0.344. The largest absolute Gasteiger partial charge is 0.480 e. The highest BCUT2D eigenvalue weighted by Crippen LogP contribution is 2.24. The highest BCUT2D eigenvalue weighted by molar-refractivity contribution is 5.21. The summed E-state index contributed by atoms with van der Waals surface area (Å²) in [4.78, 5) is 8.47. The molecule has 0 fully saturated rings. The van der Waals surface area contributed by atoms with Gasteiger partial charge in [0.2, 0.25) is 5.88 Å². The first kappa shape index (κ1) is 11.9. The van der Waals surface area contributed by atoms with Crippen molar-refractivity contribution in [3.63, 3.8) is 0 Å². The van der Waals surface area contributed by atoms with Crippen molar-refractivity contribution in [1.29, 1.82) is 0 Å². The molecule has 1 N–H and O–H groups in total. The average Bonchev–Trinajstić information content (AvgIpc) is 2.28. The summed E-state index contributed by atoms with van der Waals surface area (Å²) in [6.07, 6.45) is 4.38. The van der Waals surface area contributed by atoms with Crippen LogP contribution in [0.5, 0.6) is 5.88 Å². The molecule has 0 aliphatic carbocycles. The molecule has 0 saturated heterocycles. The van der Waals surface area contributed by atoms with Crippen LogP contribution >= 0.6 is 0 Å². The van der Waals surface area contributed by atoms with E-state index in [0.29, 0.717) is 17.8 Å². The minimum Gasteiger partial charge on any atom is -0.480 e. The molecule has 0 amide bonds. The Labute approximate surface area is 91.1 Å². The molecule has 0 bridgehead atoms. The number of hydrogen-bond acceptors (Lipinski definition) is 4. The fourth-order valence-electron chi connectivity index (χ4n) is 1.59. The lowest BCUT2D eigenvalue weighted by Crippen LogP contribution is -2.23. The Morgan fingerprint density at radius 3 is 2.60 bits per heavy atom. The maximum absolute atomic E-state index is 5.19. The smallest absolute Gasteiger partial charge is 0.235 e. The molecule has 0 radical (unpaired) electrons. The normalized spacial score (nSPS) is 14.7. The van der Waals surface area contributed by atoms with Crippen LogP contribution < -0.4 is 10.1 Å². The van der Waals surface area contributed by atoms with Gasteiger partial charge in [0, 0.05) is 24.4 Å². The number of ether oxygens (including phenoxy) is 1. The van der Waals surface area contributed by atoms with Crippen molar-refractivity contribution in [2.45, 2.75) is 32.2 Å². The first-order valence-electron chi connectivity index (χ1n) is 5.21. The first-order chi connectivity index (χ1) is 7.19. The summed E-state index contributed by atoms with van der Waals surface area (Å²) in [7, 11) is 3.59. The predicted octanol–water partition coefficient (Wildman–Crippen LogP) is 1.59. The Bertz CT molecular complexity index is 304. The molecular formula is C11H19N3O. The molecule has 1 aromatic heterocycles. The number of hydrogen-bond donors (Lipinski definition) is 1. The molecule has 2 unspecified atom stereocenters. The summed E-state index contributed by atoms with van der Waals surface area (Å²) in [6, 6.07) is 0.465. The Morgan fingerprint density at radius 2 is 2.00 bits per heavy atom. The molecule has 0 aliphatic heterocycles. The van der Waals surface area contributed by atoms with Gasteiger partial charge in [-0.05, 0) is 20.4 Å². The van der Waals surface area contributed by atoms with Crippen LogP contribution in [0.2, 0.25) is 0 Å². The Balaban J connectivity index is 2.76. The van der Waals surface area contributed by atoms with Gasteiger partial charge in [-0.15, -0.1) is 0 Å². The van der Waals surface area contributed by atoms with Crippen molar-refractivity contribution < 1.29 is 4.74 Å². The predicted molar refractivity (Wildman–Crippen MR) is 60.1 cm³/mol. The SMILES string of the molecule is CNC(C)CC(C)c1nccnc1OC. The summed E-state index contributed by atoms with van der Waals surface area (Å²) in [5, 5.41) is 3.21. The standard InChI is InChI=1S/C11H19N3O/c1-8(7-9(2)12-3)10-11(15-4)14-6-5-13-10/h5-6,8-9,12H,7H2,1-4H3. The van der Waals surface area contributed by atoms with Gasteiger partial charge in [-0.1, -0.05) is 6.92 Å². The lowest BCUT2D eigenvalue weighted by atomic mass is 9.99. The second-order valence-electron chi connectivity index (χ2n) is 3.78. The molecule has 1 aromatic rings. The number of rotatable bonds is 5. The van der Waals surface area contributed by atoms with Crippen molar-refractivity contribution >= 4 is 0 Å². The molecular weight excluding hydrogens is 190 g/mol. The summed E-state index contributed by atoms with van der Waals surface area (Å²) in [5.74, 6) is 0.976. The zero-order valence-electron chi connectivity index (χ0n) is 9.82. The number of aromatic nitrogens is 2. The Kier molecular flexibility index (Phi) is 4.49. The van der Waals surface area contributed by atoms with E-state index < -0.39 is 0 Å². The van der Waals surface area contributed by atoms with Gasteiger partial charge < -0.3 is 10.1 Å². The van der Waals surface area contributed by atoms with E-state index in [1.54, 1.807) is 19.5 Å². The highest BCUT2D eigenvalue weighted by Gasteiger charge is 2.15. The molecule has 15 heavy (non-hydrogen) atoms. The van der Waals surface area contributed by atoms with Crippen LogP contribution in [0.15, 0.2) is 12.4 Å². The third kappa shape index (κ3) is 3.16. The first-order valence-corrected chi connectivity index (χ1v) is 5.21. The molecule has 1 rings (SSSR count). The van der Waals surface area contributed by atoms with Crippen LogP contribution in [0.3, 0.4) is 0 Å². The fraction of sp³-hybridized carbons (Fsp3) is 0.636. The van der Waals surface area contributed by atoms with Crippen molar-refractivity contribution in [2.24, 2.45) is 0 Å². The summed E-state index contributed by atoms with van der Waals surface area (Å²) < 4.78 is 5.19. The molecule has 2 atom stereocenters. The van der Waals surface area contributed by atoms with Gasteiger partial charge in [0.1, 0.15) is 5.69 Å².